The smallest absolute Gasteiger partial charge is 0.317 e. The highest BCUT2D eigenvalue weighted by molar-refractivity contribution is 5.78. The van der Waals surface area contributed by atoms with Crippen LogP contribution in [-0.2, 0) is 4.79 Å². The molecule has 3 nitrogen and oxygen atoms in total. The number of hydrogen-bond acceptors (Lipinski definition) is 3. The number of carbonyl (C=O) groups is 1. The van der Waals surface area contributed by atoms with Crippen LogP contribution in [0.5, 0.6) is 11.5 Å². The summed E-state index contributed by atoms with van der Waals surface area (Å²) in [5, 5.41) is 9.15. The van der Waals surface area contributed by atoms with Crippen molar-refractivity contribution in [2.24, 2.45) is 5.41 Å². The molecular weight excluding hydrogens is 216 g/mol. The summed E-state index contributed by atoms with van der Waals surface area (Å²) in [6, 6.07) is 6.26. The van der Waals surface area contributed by atoms with Crippen LogP contribution in [0.15, 0.2) is 24.3 Å². The molecule has 1 N–H and O–H groups in total. The highest BCUT2D eigenvalue weighted by Crippen LogP contribution is 2.37. The average molecular weight is 234 g/mol. The molecule has 0 aliphatic heterocycles. The molecule has 0 saturated heterocycles. The lowest BCUT2D eigenvalue weighted by atomic mass is 9.76. The van der Waals surface area contributed by atoms with Gasteiger partial charge in [-0.25, -0.2) is 0 Å². The van der Waals surface area contributed by atoms with Gasteiger partial charge in [-0.2, -0.15) is 0 Å². The number of phenols is 1. The van der Waals surface area contributed by atoms with Crippen molar-refractivity contribution >= 4 is 5.97 Å². The van der Waals surface area contributed by atoms with Crippen molar-refractivity contribution in [3.63, 3.8) is 0 Å². The fourth-order valence-corrected chi connectivity index (χ4v) is 2.28. The van der Waals surface area contributed by atoms with E-state index in [2.05, 4.69) is 0 Å². The molecule has 17 heavy (non-hydrogen) atoms. The molecule has 0 bridgehead atoms. The molecule has 0 amide bonds. The van der Waals surface area contributed by atoms with Gasteiger partial charge in [-0.05, 0) is 44.0 Å². The number of benzene rings is 1. The molecule has 92 valence electrons. The molecule has 1 aromatic carbocycles. The van der Waals surface area contributed by atoms with Gasteiger partial charge in [-0.1, -0.05) is 19.3 Å². The van der Waals surface area contributed by atoms with Gasteiger partial charge in [0.05, 0.1) is 5.41 Å². The maximum atomic E-state index is 12.1. The third-order valence-corrected chi connectivity index (χ3v) is 3.50. The number of rotatable bonds is 2. The first-order valence-corrected chi connectivity index (χ1v) is 6.11. The third kappa shape index (κ3) is 2.78. The van der Waals surface area contributed by atoms with Gasteiger partial charge in [0.15, 0.2) is 0 Å². The molecule has 0 spiro atoms. The van der Waals surface area contributed by atoms with Gasteiger partial charge in [0.1, 0.15) is 11.5 Å². The van der Waals surface area contributed by atoms with Gasteiger partial charge >= 0.3 is 5.97 Å². The average Bonchev–Trinajstić information content (AvgIpc) is 2.33. The zero-order valence-corrected chi connectivity index (χ0v) is 10.1. The van der Waals surface area contributed by atoms with Crippen molar-refractivity contribution in [2.45, 2.75) is 39.0 Å². The Hall–Kier alpha value is -1.51. The lowest BCUT2D eigenvalue weighted by Crippen LogP contribution is -2.33. The summed E-state index contributed by atoms with van der Waals surface area (Å²) < 4.78 is 5.36. The molecule has 1 saturated carbocycles. The van der Waals surface area contributed by atoms with Gasteiger partial charge in [0.25, 0.3) is 0 Å². The summed E-state index contributed by atoms with van der Waals surface area (Å²) in [7, 11) is 0. The Morgan fingerprint density at radius 1 is 1.18 bits per heavy atom. The summed E-state index contributed by atoms with van der Waals surface area (Å²) in [5.41, 5.74) is -0.337. The minimum atomic E-state index is -0.337. The largest absolute Gasteiger partial charge is 0.508 e. The first kappa shape index (κ1) is 12.0. The fourth-order valence-electron chi connectivity index (χ4n) is 2.28. The number of carbonyl (C=O) groups excluding carboxylic acids is 1. The summed E-state index contributed by atoms with van der Waals surface area (Å²) in [4.78, 5) is 12.1. The lowest BCUT2D eigenvalue weighted by molar-refractivity contribution is -0.146. The van der Waals surface area contributed by atoms with E-state index in [-0.39, 0.29) is 17.1 Å². The Bertz CT molecular complexity index is 388. The van der Waals surface area contributed by atoms with Crippen LogP contribution in [0.2, 0.25) is 0 Å². The minimum absolute atomic E-state index is 0.150. The number of esters is 1. The van der Waals surface area contributed by atoms with E-state index in [9.17, 15) is 4.79 Å². The zero-order chi connectivity index (χ0) is 12.3. The van der Waals surface area contributed by atoms with Crippen LogP contribution in [0.3, 0.4) is 0 Å². The van der Waals surface area contributed by atoms with Crippen molar-refractivity contribution in [2.75, 3.05) is 0 Å². The summed E-state index contributed by atoms with van der Waals surface area (Å²) >= 11 is 0. The molecule has 1 fully saturated rings. The Morgan fingerprint density at radius 3 is 2.35 bits per heavy atom. The quantitative estimate of drug-likeness (QED) is 0.631. The van der Waals surface area contributed by atoms with E-state index in [1.807, 2.05) is 6.92 Å². The topological polar surface area (TPSA) is 46.5 Å². The van der Waals surface area contributed by atoms with Crippen LogP contribution < -0.4 is 4.74 Å². The molecule has 0 unspecified atom stereocenters. The molecule has 0 aromatic heterocycles. The van der Waals surface area contributed by atoms with Gasteiger partial charge in [-0.15, -0.1) is 0 Å². The van der Waals surface area contributed by atoms with E-state index in [1.54, 1.807) is 12.1 Å². The highest BCUT2D eigenvalue weighted by atomic mass is 16.5. The monoisotopic (exact) mass is 234 g/mol. The van der Waals surface area contributed by atoms with Crippen molar-refractivity contribution in [3.05, 3.63) is 24.3 Å². The second-order valence-electron chi connectivity index (χ2n) is 5.00. The van der Waals surface area contributed by atoms with E-state index >= 15 is 0 Å². The second kappa shape index (κ2) is 4.78. The molecule has 1 aliphatic carbocycles. The summed E-state index contributed by atoms with van der Waals surface area (Å²) in [6.07, 6.45) is 5.22. The predicted molar refractivity (Wildman–Crippen MR) is 64.9 cm³/mol. The Kier molecular flexibility index (Phi) is 3.36. The number of ether oxygens (including phenoxy) is 1. The number of aromatic hydroxyl groups is 1. The van der Waals surface area contributed by atoms with Crippen molar-refractivity contribution < 1.29 is 14.6 Å². The van der Waals surface area contributed by atoms with Gasteiger partial charge in [0, 0.05) is 0 Å². The Balaban J connectivity index is 2.03. The van der Waals surface area contributed by atoms with Gasteiger partial charge in [-0.3, -0.25) is 4.79 Å². The predicted octanol–water partition coefficient (Wildman–Crippen LogP) is 3.27. The van der Waals surface area contributed by atoms with Crippen LogP contribution in [0, 0.1) is 5.41 Å². The molecule has 0 heterocycles. The van der Waals surface area contributed by atoms with Crippen LogP contribution in [0.4, 0.5) is 0 Å². The zero-order valence-electron chi connectivity index (χ0n) is 10.1. The molecule has 3 heteroatoms. The van der Waals surface area contributed by atoms with Crippen molar-refractivity contribution in [1.29, 1.82) is 0 Å². The fraction of sp³-hybridized carbons (Fsp3) is 0.500. The summed E-state index contributed by atoms with van der Waals surface area (Å²) in [5.74, 6) is 0.524. The van der Waals surface area contributed by atoms with Crippen LogP contribution in [0.25, 0.3) is 0 Å². The Labute approximate surface area is 101 Å². The van der Waals surface area contributed by atoms with E-state index in [1.165, 1.54) is 18.6 Å². The first-order chi connectivity index (χ1) is 8.10. The van der Waals surface area contributed by atoms with E-state index in [4.69, 9.17) is 9.84 Å². The molecular formula is C14H18O3. The summed E-state index contributed by atoms with van der Waals surface area (Å²) in [6.45, 7) is 1.98. The Morgan fingerprint density at radius 2 is 1.76 bits per heavy atom. The highest BCUT2D eigenvalue weighted by Gasteiger charge is 2.36. The van der Waals surface area contributed by atoms with E-state index in [0.29, 0.717) is 5.75 Å². The maximum Gasteiger partial charge on any atom is 0.317 e. The standard InChI is InChI=1S/C14H18O3/c1-14(9-3-2-4-10-14)13(16)17-12-7-5-11(15)6-8-12/h5-8,15H,2-4,9-10H2,1H3. The molecule has 0 atom stereocenters. The molecule has 1 aromatic rings. The van der Waals surface area contributed by atoms with Gasteiger partial charge in [0.2, 0.25) is 0 Å². The first-order valence-electron chi connectivity index (χ1n) is 6.11. The molecule has 1 aliphatic rings. The minimum Gasteiger partial charge on any atom is -0.508 e. The molecule has 2 rings (SSSR count). The van der Waals surface area contributed by atoms with Crippen molar-refractivity contribution in [1.82, 2.24) is 0 Å². The number of hydrogen-bond donors (Lipinski definition) is 1. The maximum absolute atomic E-state index is 12.1. The van der Waals surface area contributed by atoms with Crippen LogP contribution >= 0.6 is 0 Å². The van der Waals surface area contributed by atoms with Crippen LogP contribution in [0.1, 0.15) is 39.0 Å². The normalized spacial score (nSPS) is 18.6. The van der Waals surface area contributed by atoms with Gasteiger partial charge < -0.3 is 9.84 Å². The van der Waals surface area contributed by atoms with E-state index in [0.717, 1.165) is 25.7 Å². The SMILES string of the molecule is CC1(C(=O)Oc2ccc(O)cc2)CCCCC1. The van der Waals surface area contributed by atoms with Crippen molar-refractivity contribution in [3.8, 4) is 11.5 Å². The van der Waals surface area contributed by atoms with E-state index < -0.39 is 0 Å². The molecule has 0 radical (unpaired) electrons. The lowest BCUT2D eigenvalue weighted by Gasteiger charge is -2.30. The third-order valence-electron chi connectivity index (χ3n) is 3.50. The second-order valence-corrected chi connectivity index (χ2v) is 5.00. The number of phenolic OH excluding ortho intramolecular Hbond substituents is 1. The van der Waals surface area contributed by atoms with Crippen LogP contribution in [-0.4, -0.2) is 11.1 Å².